The zero-order valence-corrected chi connectivity index (χ0v) is 15.5. The summed E-state index contributed by atoms with van der Waals surface area (Å²) in [5, 5.41) is 13.1. The quantitative estimate of drug-likeness (QED) is 0.379. The van der Waals surface area contributed by atoms with E-state index in [1.165, 1.54) is 7.11 Å². The Kier molecular flexibility index (Phi) is 6.67. The molecule has 2 heterocycles. The fraction of sp³-hybridized carbons (Fsp3) is 0.389. The molecule has 0 saturated carbocycles. The maximum absolute atomic E-state index is 12.2. The molecule has 0 bridgehead atoms. The standard InChI is InChI=1S/C18H22BN3O6/c1-26-9-10-27-18(24)14-4-2-3-13-11-15(19(25)28-17(13)14)21-16(23)5-7-22-8-6-20-12-22/h2-4,6,8,12,15,25H,5,7,9-11H2,1H3,(H,21,23)/t15-/m0/s1. The molecule has 0 saturated heterocycles. The number of nitrogens with one attached hydrogen (secondary N) is 1. The van der Waals surface area contributed by atoms with Gasteiger partial charge in [0.2, 0.25) is 5.91 Å². The van der Waals surface area contributed by atoms with Gasteiger partial charge in [-0.25, -0.2) is 9.78 Å². The first-order valence-electron chi connectivity index (χ1n) is 8.96. The maximum atomic E-state index is 12.2. The van der Waals surface area contributed by atoms with E-state index >= 15 is 0 Å². The number of aryl methyl sites for hydroxylation is 1. The van der Waals surface area contributed by atoms with Crippen LogP contribution in [0.5, 0.6) is 5.75 Å². The van der Waals surface area contributed by atoms with Crippen LogP contribution in [0.15, 0.2) is 36.9 Å². The van der Waals surface area contributed by atoms with Crippen LogP contribution in [0.4, 0.5) is 0 Å². The number of para-hydroxylation sites is 1. The van der Waals surface area contributed by atoms with Crippen molar-refractivity contribution in [1.82, 2.24) is 14.9 Å². The number of aromatic nitrogens is 2. The van der Waals surface area contributed by atoms with Crippen LogP contribution in [0.1, 0.15) is 22.3 Å². The smallest absolute Gasteiger partial charge is 0.534 e. The van der Waals surface area contributed by atoms with Crippen molar-refractivity contribution in [2.75, 3.05) is 20.3 Å². The Balaban J connectivity index is 1.61. The lowest BCUT2D eigenvalue weighted by atomic mass is 9.72. The van der Waals surface area contributed by atoms with Crippen molar-refractivity contribution < 1.29 is 28.7 Å². The summed E-state index contributed by atoms with van der Waals surface area (Å²) < 4.78 is 17.3. The third-order valence-electron chi connectivity index (χ3n) is 4.36. The highest BCUT2D eigenvalue weighted by atomic mass is 16.6. The highest BCUT2D eigenvalue weighted by molar-refractivity contribution is 6.47. The second-order valence-electron chi connectivity index (χ2n) is 6.36. The summed E-state index contributed by atoms with van der Waals surface area (Å²) >= 11 is 0. The van der Waals surface area contributed by atoms with E-state index in [9.17, 15) is 14.6 Å². The molecule has 2 N–H and O–H groups in total. The van der Waals surface area contributed by atoms with Gasteiger partial charge in [-0.1, -0.05) is 12.1 Å². The molecule has 1 aliphatic rings. The van der Waals surface area contributed by atoms with Crippen molar-refractivity contribution >= 4 is 19.0 Å². The summed E-state index contributed by atoms with van der Waals surface area (Å²) in [6, 6.07) is 5.08. The molecule has 2 aromatic rings. The van der Waals surface area contributed by atoms with E-state index in [2.05, 4.69) is 10.3 Å². The van der Waals surface area contributed by atoms with E-state index < -0.39 is 19.0 Å². The van der Waals surface area contributed by atoms with Crippen LogP contribution in [0.2, 0.25) is 0 Å². The van der Waals surface area contributed by atoms with Crippen LogP contribution in [-0.4, -0.2) is 59.8 Å². The molecule has 3 rings (SSSR count). The van der Waals surface area contributed by atoms with Gasteiger partial charge in [0, 0.05) is 32.5 Å². The molecule has 1 aromatic carbocycles. The van der Waals surface area contributed by atoms with Crippen LogP contribution in [-0.2, 0) is 27.2 Å². The van der Waals surface area contributed by atoms with Gasteiger partial charge in [0.15, 0.2) is 0 Å². The Morgan fingerprint density at radius 1 is 1.43 bits per heavy atom. The van der Waals surface area contributed by atoms with E-state index in [0.717, 1.165) is 0 Å². The van der Waals surface area contributed by atoms with Gasteiger partial charge < -0.3 is 29.0 Å². The number of esters is 1. The first-order valence-corrected chi connectivity index (χ1v) is 8.96. The summed E-state index contributed by atoms with van der Waals surface area (Å²) in [5.41, 5.74) is 0.948. The predicted octanol–water partition coefficient (Wildman–Crippen LogP) is 0.216. The van der Waals surface area contributed by atoms with Crippen LogP contribution in [0.25, 0.3) is 0 Å². The summed E-state index contributed by atoms with van der Waals surface area (Å²) in [5.74, 6) is -1.09. The number of fused-ring (bicyclic) bond motifs is 1. The van der Waals surface area contributed by atoms with Gasteiger partial charge in [-0.05, 0) is 18.1 Å². The number of rotatable bonds is 8. The number of carbonyl (C=O) groups is 2. The van der Waals surface area contributed by atoms with Gasteiger partial charge in [-0.2, -0.15) is 0 Å². The molecule has 1 aromatic heterocycles. The second kappa shape index (κ2) is 9.38. The highest BCUT2D eigenvalue weighted by Gasteiger charge is 2.37. The summed E-state index contributed by atoms with van der Waals surface area (Å²) in [7, 11) is 0.249. The molecule has 0 spiro atoms. The Morgan fingerprint density at radius 2 is 2.29 bits per heavy atom. The number of hydrogen-bond acceptors (Lipinski definition) is 7. The predicted molar refractivity (Wildman–Crippen MR) is 99.7 cm³/mol. The van der Waals surface area contributed by atoms with Gasteiger partial charge in [-0.15, -0.1) is 0 Å². The van der Waals surface area contributed by atoms with Crippen LogP contribution in [0, 0.1) is 0 Å². The summed E-state index contributed by atoms with van der Waals surface area (Å²) in [4.78, 5) is 28.4. The minimum atomic E-state index is -1.27. The lowest BCUT2D eigenvalue weighted by Gasteiger charge is -2.29. The van der Waals surface area contributed by atoms with E-state index in [0.29, 0.717) is 18.5 Å². The van der Waals surface area contributed by atoms with E-state index in [1.807, 2.05) is 0 Å². The van der Waals surface area contributed by atoms with Crippen molar-refractivity contribution in [3.05, 3.63) is 48.0 Å². The van der Waals surface area contributed by atoms with Crippen LogP contribution >= 0.6 is 0 Å². The number of imidazole rings is 1. The average Bonchev–Trinajstić information content (AvgIpc) is 3.20. The first kappa shape index (κ1) is 19.9. The number of benzene rings is 1. The average molecular weight is 387 g/mol. The molecule has 1 amide bonds. The van der Waals surface area contributed by atoms with E-state index in [-0.39, 0.29) is 36.9 Å². The maximum Gasteiger partial charge on any atom is 0.547 e. The number of hydrogen-bond donors (Lipinski definition) is 2. The third kappa shape index (κ3) is 4.90. The number of carbonyl (C=O) groups excluding carboxylic acids is 2. The van der Waals surface area contributed by atoms with Crippen molar-refractivity contribution in [1.29, 1.82) is 0 Å². The topological polar surface area (TPSA) is 112 Å². The third-order valence-corrected chi connectivity index (χ3v) is 4.36. The SMILES string of the molecule is COCCOC(=O)c1cccc2c1OB(O)[C@@H](NC(=O)CCn1ccnc1)C2. The van der Waals surface area contributed by atoms with E-state index in [1.54, 1.807) is 41.5 Å². The monoisotopic (exact) mass is 387 g/mol. The van der Waals surface area contributed by atoms with Gasteiger partial charge in [0.05, 0.1) is 18.9 Å². The molecule has 0 fully saturated rings. The van der Waals surface area contributed by atoms with Gasteiger partial charge in [-0.3, -0.25) is 4.79 Å². The van der Waals surface area contributed by atoms with Gasteiger partial charge in [0.1, 0.15) is 17.9 Å². The van der Waals surface area contributed by atoms with E-state index in [4.69, 9.17) is 14.1 Å². The molecule has 0 unspecified atom stereocenters. The largest absolute Gasteiger partial charge is 0.547 e. The lowest BCUT2D eigenvalue weighted by Crippen LogP contribution is -2.53. The molecule has 10 heteroatoms. The van der Waals surface area contributed by atoms with Crippen molar-refractivity contribution in [2.45, 2.75) is 25.3 Å². The normalized spacial score (nSPS) is 15.5. The second-order valence-corrected chi connectivity index (χ2v) is 6.36. The minimum absolute atomic E-state index is 0.122. The van der Waals surface area contributed by atoms with Crippen LogP contribution < -0.4 is 9.97 Å². The minimum Gasteiger partial charge on any atom is -0.534 e. The molecule has 1 aliphatic heterocycles. The molecule has 0 aliphatic carbocycles. The molecule has 1 atom stereocenters. The fourth-order valence-electron chi connectivity index (χ4n) is 2.93. The molecular weight excluding hydrogens is 365 g/mol. The lowest BCUT2D eigenvalue weighted by molar-refractivity contribution is -0.121. The van der Waals surface area contributed by atoms with Crippen molar-refractivity contribution in [3.63, 3.8) is 0 Å². The summed E-state index contributed by atoms with van der Waals surface area (Å²) in [6.07, 6.45) is 5.64. The Morgan fingerprint density at radius 3 is 3.04 bits per heavy atom. The number of amides is 1. The zero-order valence-electron chi connectivity index (χ0n) is 15.5. The molecule has 148 valence electrons. The molecule has 28 heavy (non-hydrogen) atoms. The molecule has 9 nitrogen and oxygen atoms in total. The van der Waals surface area contributed by atoms with Crippen molar-refractivity contribution in [3.8, 4) is 5.75 Å². The number of methoxy groups -OCH3 is 1. The van der Waals surface area contributed by atoms with Gasteiger partial charge >= 0.3 is 13.1 Å². The number of ether oxygens (including phenoxy) is 2. The number of nitrogens with zero attached hydrogens (tertiary/aromatic N) is 2. The Labute approximate surface area is 162 Å². The van der Waals surface area contributed by atoms with Crippen molar-refractivity contribution in [2.24, 2.45) is 0 Å². The zero-order chi connectivity index (χ0) is 19.9. The Bertz CT molecular complexity index is 814. The first-order chi connectivity index (χ1) is 13.6. The molecule has 0 radical (unpaired) electrons. The van der Waals surface area contributed by atoms with Gasteiger partial charge in [0.25, 0.3) is 0 Å². The Hall–Kier alpha value is -2.85. The highest BCUT2D eigenvalue weighted by Crippen LogP contribution is 2.30. The molecular formula is C18H22BN3O6. The van der Waals surface area contributed by atoms with Crippen LogP contribution in [0.3, 0.4) is 0 Å². The summed E-state index contributed by atoms with van der Waals surface area (Å²) in [6.45, 7) is 0.901. The fourth-order valence-corrected chi connectivity index (χ4v) is 2.93.